The van der Waals surface area contributed by atoms with Gasteiger partial charge in [0, 0.05) is 17.8 Å². The Morgan fingerprint density at radius 3 is 2.33 bits per heavy atom. The van der Waals surface area contributed by atoms with Crippen LogP contribution in [0.1, 0.15) is 18.1 Å². The van der Waals surface area contributed by atoms with Crippen LogP contribution in [0.2, 0.25) is 0 Å². The van der Waals surface area contributed by atoms with Crippen molar-refractivity contribution in [2.24, 2.45) is 11.5 Å². The van der Waals surface area contributed by atoms with Gasteiger partial charge < -0.3 is 21.5 Å². The van der Waals surface area contributed by atoms with E-state index in [4.69, 9.17) is 16.2 Å². The van der Waals surface area contributed by atoms with Crippen molar-refractivity contribution in [1.29, 1.82) is 0 Å². The minimum absolute atomic E-state index is 0.219. The number of hydrogen-bond donors (Lipinski definition) is 3. The van der Waals surface area contributed by atoms with Crippen molar-refractivity contribution in [3.63, 3.8) is 0 Å². The first-order valence-corrected chi connectivity index (χ1v) is 7.82. The number of amides is 1. The zero-order chi connectivity index (χ0) is 17.4. The van der Waals surface area contributed by atoms with Gasteiger partial charge in [-0.2, -0.15) is 0 Å². The summed E-state index contributed by atoms with van der Waals surface area (Å²) < 4.78 is 5.18. The first-order chi connectivity index (χ1) is 11.6. The molecule has 0 radical (unpaired) electrons. The second-order valence-corrected chi connectivity index (χ2v) is 5.56. The summed E-state index contributed by atoms with van der Waals surface area (Å²) in [7, 11) is 0. The van der Waals surface area contributed by atoms with E-state index < -0.39 is 12.1 Å². The lowest BCUT2D eigenvalue weighted by atomic mass is 10.1. The number of carbonyl (C=O) groups is 1. The van der Waals surface area contributed by atoms with Crippen molar-refractivity contribution in [2.45, 2.75) is 25.6 Å². The first kappa shape index (κ1) is 17.6. The fraction of sp³-hybridized carbons (Fsp3) is 0.211. The van der Waals surface area contributed by atoms with Gasteiger partial charge in [0.05, 0.1) is 0 Å². The minimum Gasteiger partial charge on any atom is -0.445 e. The highest BCUT2D eigenvalue weighted by Gasteiger charge is 2.15. The van der Waals surface area contributed by atoms with Gasteiger partial charge in [0.2, 0.25) is 0 Å². The van der Waals surface area contributed by atoms with E-state index >= 15 is 0 Å². The highest BCUT2D eigenvalue weighted by atomic mass is 16.5. The topological polar surface area (TPSA) is 90.4 Å². The highest BCUT2D eigenvalue weighted by Crippen LogP contribution is 2.09. The van der Waals surface area contributed by atoms with Crippen LogP contribution in [0.15, 0.2) is 66.7 Å². The van der Waals surface area contributed by atoms with Crippen molar-refractivity contribution in [1.82, 2.24) is 5.32 Å². The molecule has 5 nitrogen and oxygen atoms in total. The molecule has 24 heavy (non-hydrogen) atoms. The van der Waals surface area contributed by atoms with E-state index in [1.54, 1.807) is 6.08 Å². The van der Waals surface area contributed by atoms with Crippen molar-refractivity contribution in [3.8, 4) is 0 Å². The van der Waals surface area contributed by atoms with Gasteiger partial charge in [0.1, 0.15) is 6.61 Å². The zero-order valence-corrected chi connectivity index (χ0v) is 13.7. The maximum absolute atomic E-state index is 11.8. The third-order valence-corrected chi connectivity index (χ3v) is 3.61. The van der Waals surface area contributed by atoms with Gasteiger partial charge in [0.25, 0.3) is 0 Å². The Morgan fingerprint density at radius 2 is 1.71 bits per heavy atom. The van der Waals surface area contributed by atoms with Crippen LogP contribution in [0.25, 0.3) is 5.70 Å². The van der Waals surface area contributed by atoms with Crippen LogP contribution in [0, 0.1) is 0 Å². The second kappa shape index (κ2) is 8.74. The van der Waals surface area contributed by atoms with Crippen LogP contribution in [-0.2, 0) is 11.3 Å². The summed E-state index contributed by atoms with van der Waals surface area (Å²) in [5.74, 6) is 0. The standard InChI is InChI=1S/C19H23N3O2/c1-14(17(20)12-18(21)16-10-6-3-7-11-16)22-19(23)24-13-15-8-4-2-5-9-15/h2-12,14,17H,13,20-21H2,1H3,(H,22,23)/b18-12-. The molecule has 5 N–H and O–H groups in total. The Kier molecular flexibility index (Phi) is 6.40. The predicted octanol–water partition coefficient (Wildman–Crippen LogP) is 2.63. The molecule has 0 spiro atoms. The molecule has 2 aromatic carbocycles. The van der Waals surface area contributed by atoms with Crippen LogP contribution < -0.4 is 16.8 Å². The van der Waals surface area contributed by atoms with Gasteiger partial charge >= 0.3 is 6.09 Å². The lowest BCUT2D eigenvalue weighted by Gasteiger charge is -2.19. The molecule has 0 aliphatic heterocycles. The Bertz CT molecular complexity index is 672. The van der Waals surface area contributed by atoms with Crippen molar-refractivity contribution in [3.05, 3.63) is 77.9 Å². The molecule has 0 heterocycles. The molecular formula is C19H23N3O2. The van der Waals surface area contributed by atoms with Crippen LogP contribution in [-0.4, -0.2) is 18.2 Å². The molecule has 2 atom stereocenters. The molecule has 0 fully saturated rings. The Labute approximate surface area is 142 Å². The van der Waals surface area contributed by atoms with Crippen molar-refractivity contribution >= 4 is 11.8 Å². The van der Waals surface area contributed by atoms with Gasteiger partial charge in [-0.3, -0.25) is 0 Å². The Hall–Kier alpha value is -2.79. The number of hydrogen-bond acceptors (Lipinski definition) is 4. The molecule has 0 aliphatic carbocycles. The van der Waals surface area contributed by atoms with Crippen LogP contribution >= 0.6 is 0 Å². The molecule has 2 aromatic rings. The molecule has 0 bridgehead atoms. The average molecular weight is 325 g/mol. The predicted molar refractivity (Wildman–Crippen MR) is 95.8 cm³/mol. The summed E-state index contributed by atoms with van der Waals surface area (Å²) in [5, 5.41) is 2.72. The van der Waals surface area contributed by atoms with E-state index in [1.165, 1.54) is 0 Å². The lowest BCUT2D eigenvalue weighted by Crippen LogP contribution is -2.45. The van der Waals surface area contributed by atoms with Crippen LogP contribution in [0.5, 0.6) is 0 Å². The van der Waals surface area contributed by atoms with Crippen LogP contribution in [0.4, 0.5) is 4.79 Å². The van der Waals surface area contributed by atoms with Gasteiger partial charge in [0.15, 0.2) is 0 Å². The zero-order valence-electron chi connectivity index (χ0n) is 13.7. The fourth-order valence-corrected chi connectivity index (χ4v) is 2.13. The normalized spacial score (nSPS) is 13.8. The molecule has 5 heteroatoms. The van der Waals surface area contributed by atoms with Gasteiger partial charge in [-0.1, -0.05) is 60.7 Å². The number of alkyl carbamates (subject to hydrolysis) is 1. The molecule has 0 saturated carbocycles. The quantitative estimate of drug-likeness (QED) is 0.761. The fourth-order valence-electron chi connectivity index (χ4n) is 2.13. The summed E-state index contributed by atoms with van der Waals surface area (Å²) in [6.07, 6.45) is 1.23. The van der Waals surface area contributed by atoms with E-state index in [9.17, 15) is 4.79 Å². The smallest absolute Gasteiger partial charge is 0.407 e. The van der Waals surface area contributed by atoms with Gasteiger partial charge in [-0.15, -0.1) is 0 Å². The number of nitrogens with one attached hydrogen (secondary N) is 1. The summed E-state index contributed by atoms with van der Waals surface area (Å²) in [4.78, 5) is 11.8. The SMILES string of the molecule is CC(NC(=O)OCc1ccccc1)C(N)/C=C(\N)c1ccccc1. The maximum Gasteiger partial charge on any atom is 0.407 e. The van der Waals surface area contributed by atoms with Gasteiger partial charge in [-0.25, -0.2) is 4.79 Å². The van der Waals surface area contributed by atoms with Crippen LogP contribution in [0.3, 0.4) is 0 Å². The molecular weight excluding hydrogens is 302 g/mol. The molecule has 0 saturated heterocycles. The van der Waals surface area contributed by atoms with E-state index in [-0.39, 0.29) is 12.6 Å². The average Bonchev–Trinajstić information content (AvgIpc) is 2.61. The summed E-state index contributed by atoms with van der Waals surface area (Å²) >= 11 is 0. The Balaban J connectivity index is 1.84. The van der Waals surface area contributed by atoms with E-state index in [0.717, 1.165) is 11.1 Å². The monoisotopic (exact) mass is 325 g/mol. The summed E-state index contributed by atoms with van der Waals surface area (Å²) in [6, 6.07) is 18.3. The second-order valence-electron chi connectivity index (χ2n) is 5.56. The third kappa shape index (κ3) is 5.44. The largest absolute Gasteiger partial charge is 0.445 e. The maximum atomic E-state index is 11.8. The lowest BCUT2D eigenvalue weighted by molar-refractivity contribution is 0.135. The number of rotatable bonds is 6. The van der Waals surface area contributed by atoms with E-state index in [0.29, 0.717) is 5.70 Å². The van der Waals surface area contributed by atoms with Gasteiger partial charge in [-0.05, 0) is 24.1 Å². The van der Waals surface area contributed by atoms with Crippen molar-refractivity contribution < 1.29 is 9.53 Å². The van der Waals surface area contributed by atoms with Crippen molar-refractivity contribution in [2.75, 3.05) is 0 Å². The molecule has 2 rings (SSSR count). The molecule has 2 unspecified atom stereocenters. The molecule has 1 amide bonds. The number of benzene rings is 2. The highest BCUT2D eigenvalue weighted by molar-refractivity contribution is 5.68. The Morgan fingerprint density at radius 1 is 1.12 bits per heavy atom. The number of nitrogens with two attached hydrogens (primary N) is 2. The van der Waals surface area contributed by atoms with E-state index in [2.05, 4.69) is 5.32 Å². The number of ether oxygens (including phenoxy) is 1. The number of carbonyl (C=O) groups excluding carboxylic acids is 1. The molecule has 126 valence electrons. The minimum atomic E-state index is -0.506. The first-order valence-electron chi connectivity index (χ1n) is 7.82. The summed E-state index contributed by atoms with van der Waals surface area (Å²) in [6.45, 7) is 2.03. The summed E-state index contributed by atoms with van der Waals surface area (Å²) in [5.41, 5.74) is 14.5. The molecule has 0 aliphatic rings. The van der Waals surface area contributed by atoms with E-state index in [1.807, 2.05) is 67.6 Å². The molecule has 0 aromatic heterocycles. The third-order valence-electron chi connectivity index (χ3n) is 3.61.